The van der Waals surface area contributed by atoms with Gasteiger partial charge in [-0.3, -0.25) is 4.99 Å². The highest BCUT2D eigenvalue weighted by atomic mass is 14.8. The van der Waals surface area contributed by atoms with Gasteiger partial charge in [0.1, 0.15) is 0 Å². The molecule has 0 N–H and O–H groups in total. The van der Waals surface area contributed by atoms with E-state index in [0.29, 0.717) is 0 Å². The van der Waals surface area contributed by atoms with Gasteiger partial charge in [-0.05, 0) is 43.7 Å². The molecule has 1 rings (SSSR count). The zero-order valence-corrected chi connectivity index (χ0v) is 14.2. The summed E-state index contributed by atoms with van der Waals surface area (Å²) in [6, 6.07) is 8.88. The standard InChI is InChI=1S/C19H29N/c1-8-9-15(4)18(20-14(2)3)16-10-12-17(13-11-16)19(5,6)7/h10-13H,8-9H2,1-7H3/b18-15-. The van der Waals surface area contributed by atoms with Crippen molar-refractivity contribution < 1.29 is 0 Å². The van der Waals surface area contributed by atoms with E-state index in [1.165, 1.54) is 16.7 Å². The van der Waals surface area contributed by atoms with Crippen LogP contribution >= 0.6 is 0 Å². The van der Waals surface area contributed by atoms with Crippen LogP contribution in [0.3, 0.4) is 0 Å². The minimum Gasteiger partial charge on any atom is -0.258 e. The molecule has 1 aromatic rings. The summed E-state index contributed by atoms with van der Waals surface area (Å²) in [6.07, 6.45) is 2.26. The molecule has 0 atom stereocenters. The van der Waals surface area contributed by atoms with Gasteiger partial charge in [-0.1, -0.05) is 58.4 Å². The lowest BCUT2D eigenvalue weighted by Gasteiger charge is -2.19. The van der Waals surface area contributed by atoms with Gasteiger partial charge in [0, 0.05) is 11.3 Å². The van der Waals surface area contributed by atoms with E-state index < -0.39 is 0 Å². The van der Waals surface area contributed by atoms with E-state index in [1.54, 1.807) is 0 Å². The van der Waals surface area contributed by atoms with Crippen molar-refractivity contribution in [3.05, 3.63) is 41.0 Å². The number of aliphatic imine (C=N–C) groups is 1. The Bertz CT molecular complexity index is 492. The van der Waals surface area contributed by atoms with Gasteiger partial charge in [-0.25, -0.2) is 0 Å². The van der Waals surface area contributed by atoms with Gasteiger partial charge in [0.2, 0.25) is 0 Å². The molecule has 0 aliphatic carbocycles. The molecule has 0 aliphatic heterocycles. The van der Waals surface area contributed by atoms with E-state index in [1.807, 2.05) is 0 Å². The predicted molar refractivity (Wildman–Crippen MR) is 91.4 cm³/mol. The van der Waals surface area contributed by atoms with E-state index in [2.05, 4.69) is 72.7 Å². The number of hydrogen-bond donors (Lipinski definition) is 0. The second kappa shape index (κ2) is 6.88. The molecule has 0 heterocycles. The van der Waals surface area contributed by atoms with Crippen LogP contribution in [0, 0.1) is 0 Å². The van der Waals surface area contributed by atoms with Gasteiger partial charge in [-0.15, -0.1) is 0 Å². The summed E-state index contributed by atoms with van der Waals surface area (Å²) in [5.74, 6) is 0. The number of benzene rings is 1. The summed E-state index contributed by atoms with van der Waals surface area (Å²) in [5.41, 5.74) is 6.42. The molecule has 1 nitrogen and oxygen atoms in total. The molecule has 1 aromatic carbocycles. The molecule has 0 saturated carbocycles. The topological polar surface area (TPSA) is 12.4 Å². The third kappa shape index (κ3) is 4.63. The summed E-state index contributed by atoms with van der Waals surface area (Å²) in [7, 11) is 0. The Morgan fingerprint density at radius 3 is 1.95 bits per heavy atom. The van der Waals surface area contributed by atoms with Crippen molar-refractivity contribution in [3.8, 4) is 0 Å². The Morgan fingerprint density at radius 1 is 1.00 bits per heavy atom. The summed E-state index contributed by atoms with van der Waals surface area (Å²) in [5, 5.41) is 0. The fourth-order valence-corrected chi connectivity index (χ4v) is 2.25. The van der Waals surface area contributed by atoms with Crippen molar-refractivity contribution in [2.24, 2.45) is 4.99 Å². The number of allylic oxidation sites excluding steroid dienone is 1. The maximum absolute atomic E-state index is 4.75. The molecule has 0 radical (unpaired) electrons. The Hall–Kier alpha value is -1.37. The van der Waals surface area contributed by atoms with E-state index in [0.717, 1.165) is 24.3 Å². The van der Waals surface area contributed by atoms with Crippen LogP contribution in [0.5, 0.6) is 0 Å². The average Bonchev–Trinajstić information content (AvgIpc) is 2.35. The van der Waals surface area contributed by atoms with Gasteiger partial charge >= 0.3 is 0 Å². The zero-order valence-electron chi connectivity index (χ0n) is 14.2. The van der Waals surface area contributed by atoms with Crippen LogP contribution in [0.15, 0.2) is 34.8 Å². The van der Waals surface area contributed by atoms with Gasteiger partial charge in [0.25, 0.3) is 0 Å². The summed E-state index contributed by atoms with van der Waals surface area (Å²) < 4.78 is 0. The van der Waals surface area contributed by atoms with E-state index in [-0.39, 0.29) is 5.41 Å². The van der Waals surface area contributed by atoms with Crippen LogP contribution in [-0.4, -0.2) is 5.71 Å². The molecule has 0 bridgehead atoms. The van der Waals surface area contributed by atoms with Crippen LogP contribution in [-0.2, 0) is 5.41 Å². The lowest BCUT2D eigenvalue weighted by Crippen LogP contribution is -2.10. The first-order valence-electron chi connectivity index (χ1n) is 7.58. The molecule has 0 saturated heterocycles. The lowest BCUT2D eigenvalue weighted by molar-refractivity contribution is 0.590. The molecular formula is C19H29N. The predicted octanol–water partition coefficient (Wildman–Crippen LogP) is 6.00. The SMILES string of the molecule is CCC/C(C)=C(\N=C(C)C)c1ccc(C(C)(C)C)cc1. The Labute approximate surface area is 124 Å². The highest BCUT2D eigenvalue weighted by molar-refractivity contribution is 5.86. The fourth-order valence-electron chi connectivity index (χ4n) is 2.25. The zero-order chi connectivity index (χ0) is 15.3. The molecule has 0 aromatic heterocycles. The van der Waals surface area contributed by atoms with Crippen molar-refractivity contribution in [2.45, 2.75) is 66.7 Å². The summed E-state index contributed by atoms with van der Waals surface area (Å²) in [6.45, 7) is 15.3. The first kappa shape index (κ1) is 16.7. The van der Waals surface area contributed by atoms with Crippen molar-refractivity contribution in [1.29, 1.82) is 0 Å². The van der Waals surface area contributed by atoms with Crippen LogP contribution in [0.25, 0.3) is 5.70 Å². The van der Waals surface area contributed by atoms with Gasteiger partial charge < -0.3 is 0 Å². The van der Waals surface area contributed by atoms with Crippen LogP contribution in [0.4, 0.5) is 0 Å². The van der Waals surface area contributed by atoms with Crippen LogP contribution < -0.4 is 0 Å². The first-order chi connectivity index (χ1) is 9.25. The maximum atomic E-state index is 4.75. The monoisotopic (exact) mass is 271 g/mol. The third-order valence-corrected chi connectivity index (χ3v) is 3.39. The van der Waals surface area contributed by atoms with E-state index in [4.69, 9.17) is 4.99 Å². The number of rotatable bonds is 4. The normalized spacial score (nSPS) is 12.9. The minimum atomic E-state index is 0.199. The second-order valence-corrected chi connectivity index (χ2v) is 6.77. The van der Waals surface area contributed by atoms with Crippen molar-refractivity contribution >= 4 is 11.4 Å². The highest BCUT2D eigenvalue weighted by Crippen LogP contribution is 2.27. The van der Waals surface area contributed by atoms with Crippen molar-refractivity contribution in [2.75, 3.05) is 0 Å². The van der Waals surface area contributed by atoms with Gasteiger partial charge in [0.05, 0.1) is 5.70 Å². The molecule has 0 unspecified atom stereocenters. The first-order valence-corrected chi connectivity index (χ1v) is 7.58. The quantitative estimate of drug-likeness (QED) is 0.596. The van der Waals surface area contributed by atoms with E-state index in [9.17, 15) is 0 Å². The highest BCUT2D eigenvalue weighted by Gasteiger charge is 2.13. The third-order valence-electron chi connectivity index (χ3n) is 3.39. The van der Waals surface area contributed by atoms with Crippen LogP contribution in [0.2, 0.25) is 0 Å². The molecular weight excluding hydrogens is 242 g/mol. The molecule has 110 valence electrons. The molecule has 1 heteroatoms. The smallest absolute Gasteiger partial charge is 0.0690 e. The Balaban J connectivity index is 3.23. The molecule has 0 amide bonds. The fraction of sp³-hybridized carbons (Fsp3) is 0.526. The maximum Gasteiger partial charge on any atom is 0.0690 e. The Kier molecular flexibility index (Phi) is 5.74. The Morgan fingerprint density at radius 2 is 1.55 bits per heavy atom. The molecule has 0 fully saturated rings. The number of hydrogen-bond acceptors (Lipinski definition) is 1. The molecule has 20 heavy (non-hydrogen) atoms. The van der Waals surface area contributed by atoms with Crippen molar-refractivity contribution in [3.63, 3.8) is 0 Å². The van der Waals surface area contributed by atoms with Gasteiger partial charge in [0.15, 0.2) is 0 Å². The van der Waals surface area contributed by atoms with Crippen molar-refractivity contribution in [1.82, 2.24) is 0 Å². The molecule has 0 aliphatic rings. The average molecular weight is 271 g/mol. The van der Waals surface area contributed by atoms with Crippen LogP contribution in [0.1, 0.15) is 72.4 Å². The van der Waals surface area contributed by atoms with Gasteiger partial charge in [-0.2, -0.15) is 0 Å². The second-order valence-electron chi connectivity index (χ2n) is 6.77. The minimum absolute atomic E-state index is 0.199. The molecule has 0 spiro atoms. The summed E-state index contributed by atoms with van der Waals surface area (Å²) in [4.78, 5) is 4.75. The summed E-state index contributed by atoms with van der Waals surface area (Å²) >= 11 is 0. The number of nitrogens with zero attached hydrogens (tertiary/aromatic N) is 1. The van der Waals surface area contributed by atoms with E-state index >= 15 is 0 Å². The lowest BCUT2D eigenvalue weighted by atomic mass is 9.86. The largest absolute Gasteiger partial charge is 0.258 e.